The number of hydrogen-bond acceptors (Lipinski definition) is 6. The Labute approximate surface area is 97.9 Å². The number of hydrogen-bond donors (Lipinski definition) is 0. The number of nitrogens with zero attached hydrogens (tertiary/aromatic N) is 3. The fraction of sp³-hybridized carbons (Fsp3) is 0.400. The number of thioether (sulfide) groups is 1. The normalized spacial score (nSPS) is 11.6. The third-order valence-electron chi connectivity index (χ3n) is 1.83. The quantitative estimate of drug-likeness (QED) is 0.579. The molecule has 0 aliphatic rings. The third-order valence-corrected chi connectivity index (χ3v) is 3.00. The summed E-state index contributed by atoms with van der Waals surface area (Å²) in [6.45, 7) is 1.79. The summed E-state index contributed by atoms with van der Waals surface area (Å²) < 4.78 is 4.61. The summed E-state index contributed by atoms with van der Waals surface area (Å²) in [5.41, 5.74) is 0.283. The van der Waals surface area contributed by atoms with Crippen LogP contribution in [0.25, 0.3) is 0 Å². The Bertz CT molecular complexity index is 400. The second-order valence-corrected chi connectivity index (χ2v) is 4.13. The molecule has 0 aromatic carbocycles. The van der Waals surface area contributed by atoms with Gasteiger partial charge in [-0.15, -0.1) is 11.8 Å². The molecule has 0 amide bonds. The van der Waals surface area contributed by atoms with E-state index < -0.39 is 0 Å². The Kier molecular flexibility index (Phi) is 4.73. The van der Waals surface area contributed by atoms with Crippen molar-refractivity contribution in [2.45, 2.75) is 11.9 Å². The maximum absolute atomic E-state index is 11.1. The molecule has 16 heavy (non-hydrogen) atoms. The van der Waals surface area contributed by atoms with E-state index in [9.17, 15) is 4.79 Å². The molecular formula is C10H11N3O2S. The first-order valence-corrected chi connectivity index (χ1v) is 5.58. The smallest absolute Gasteiger partial charge is 0.309 e. The summed E-state index contributed by atoms with van der Waals surface area (Å²) in [6.07, 6.45) is 2.93. The van der Waals surface area contributed by atoms with Crippen LogP contribution in [0, 0.1) is 17.2 Å². The van der Waals surface area contributed by atoms with Gasteiger partial charge in [0.25, 0.3) is 0 Å². The van der Waals surface area contributed by atoms with Gasteiger partial charge < -0.3 is 4.74 Å². The van der Waals surface area contributed by atoms with Crippen molar-refractivity contribution in [2.24, 2.45) is 5.92 Å². The van der Waals surface area contributed by atoms with E-state index in [1.165, 1.54) is 31.3 Å². The van der Waals surface area contributed by atoms with E-state index in [2.05, 4.69) is 14.7 Å². The zero-order valence-corrected chi connectivity index (χ0v) is 9.82. The summed E-state index contributed by atoms with van der Waals surface area (Å²) in [5, 5.41) is 9.22. The monoisotopic (exact) mass is 237 g/mol. The number of esters is 1. The van der Waals surface area contributed by atoms with Crippen molar-refractivity contribution in [1.29, 1.82) is 5.26 Å². The number of nitriles is 1. The van der Waals surface area contributed by atoms with Crippen LogP contribution in [0.4, 0.5) is 0 Å². The van der Waals surface area contributed by atoms with E-state index in [-0.39, 0.29) is 17.6 Å². The number of ether oxygens (including phenoxy) is 1. The van der Waals surface area contributed by atoms with Gasteiger partial charge in [0.2, 0.25) is 0 Å². The lowest BCUT2D eigenvalue weighted by molar-refractivity contribution is -0.143. The van der Waals surface area contributed by atoms with Crippen LogP contribution in [0.15, 0.2) is 17.4 Å². The van der Waals surface area contributed by atoms with Gasteiger partial charge in [0, 0.05) is 5.75 Å². The van der Waals surface area contributed by atoms with E-state index in [0.29, 0.717) is 10.8 Å². The minimum Gasteiger partial charge on any atom is -0.469 e. The standard InChI is InChI=1S/C10H11N3O2S/c1-7(10(14)15-2)6-16-9-5-12-8(3-11)4-13-9/h4-5,7H,6H2,1-2H3. The van der Waals surface area contributed by atoms with Gasteiger partial charge in [-0.05, 0) is 0 Å². The van der Waals surface area contributed by atoms with Crippen LogP contribution in [-0.2, 0) is 9.53 Å². The van der Waals surface area contributed by atoms with E-state index in [1.54, 1.807) is 6.92 Å². The molecule has 1 unspecified atom stereocenters. The minimum atomic E-state index is -0.242. The summed E-state index contributed by atoms with van der Waals surface area (Å²) >= 11 is 1.41. The van der Waals surface area contributed by atoms with Gasteiger partial charge in [0.15, 0.2) is 5.69 Å². The first kappa shape index (κ1) is 12.5. The molecule has 1 heterocycles. The highest BCUT2D eigenvalue weighted by molar-refractivity contribution is 7.99. The predicted octanol–water partition coefficient (Wildman–Crippen LogP) is 1.25. The molecule has 1 rings (SSSR count). The predicted molar refractivity (Wildman–Crippen MR) is 58.7 cm³/mol. The number of methoxy groups -OCH3 is 1. The SMILES string of the molecule is COC(=O)C(C)CSc1cnc(C#N)cn1. The van der Waals surface area contributed by atoms with Gasteiger partial charge in [-0.1, -0.05) is 6.92 Å². The van der Waals surface area contributed by atoms with Crippen molar-refractivity contribution in [3.05, 3.63) is 18.1 Å². The molecule has 0 aliphatic heterocycles. The molecule has 0 fully saturated rings. The van der Waals surface area contributed by atoms with Crippen LogP contribution in [0.3, 0.4) is 0 Å². The molecule has 0 bridgehead atoms. The average molecular weight is 237 g/mol. The highest BCUT2D eigenvalue weighted by atomic mass is 32.2. The summed E-state index contributed by atoms with van der Waals surface area (Å²) in [6, 6.07) is 1.89. The van der Waals surface area contributed by atoms with Gasteiger partial charge in [-0.3, -0.25) is 4.79 Å². The molecule has 0 saturated heterocycles. The van der Waals surface area contributed by atoms with Gasteiger partial charge in [-0.25, -0.2) is 9.97 Å². The molecule has 0 saturated carbocycles. The topological polar surface area (TPSA) is 75.9 Å². The lowest BCUT2D eigenvalue weighted by Gasteiger charge is -2.07. The zero-order chi connectivity index (χ0) is 12.0. The van der Waals surface area contributed by atoms with E-state index in [1.807, 2.05) is 6.07 Å². The fourth-order valence-corrected chi connectivity index (χ4v) is 1.74. The molecule has 1 aromatic rings. The fourth-order valence-electron chi connectivity index (χ4n) is 0.928. The molecular weight excluding hydrogens is 226 g/mol. The Balaban J connectivity index is 2.49. The molecule has 84 valence electrons. The Morgan fingerprint density at radius 1 is 1.62 bits per heavy atom. The number of carbonyl (C=O) groups is 1. The van der Waals surface area contributed by atoms with Gasteiger partial charge >= 0.3 is 5.97 Å². The molecule has 0 radical (unpaired) electrons. The lowest BCUT2D eigenvalue weighted by atomic mass is 10.2. The largest absolute Gasteiger partial charge is 0.469 e. The van der Waals surface area contributed by atoms with Crippen LogP contribution >= 0.6 is 11.8 Å². The maximum atomic E-state index is 11.1. The van der Waals surface area contributed by atoms with Crippen molar-refractivity contribution in [1.82, 2.24) is 9.97 Å². The molecule has 1 atom stereocenters. The lowest BCUT2D eigenvalue weighted by Crippen LogP contribution is -2.14. The van der Waals surface area contributed by atoms with Crippen LogP contribution in [-0.4, -0.2) is 28.8 Å². The molecule has 5 nitrogen and oxygen atoms in total. The zero-order valence-electron chi connectivity index (χ0n) is 9.01. The van der Waals surface area contributed by atoms with Crippen LogP contribution < -0.4 is 0 Å². The second kappa shape index (κ2) is 6.08. The van der Waals surface area contributed by atoms with Crippen LogP contribution in [0.1, 0.15) is 12.6 Å². The molecule has 0 spiro atoms. The summed E-state index contributed by atoms with van der Waals surface area (Å²) in [4.78, 5) is 19.0. The van der Waals surface area contributed by atoms with Gasteiger partial charge in [0.05, 0.1) is 25.4 Å². The summed E-state index contributed by atoms with van der Waals surface area (Å²) in [7, 11) is 1.37. The molecule has 0 N–H and O–H groups in total. The number of carbonyl (C=O) groups excluding carboxylic acids is 1. The van der Waals surface area contributed by atoms with Crippen LogP contribution in [0.2, 0.25) is 0 Å². The third kappa shape index (κ3) is 3.51. The molecule has 1 aromatic heterocycles. The van der Waals surface area contributed by atoms with Gasteiger partial charge in [-0.2, -0.15) is 5.26 Å². The average Bonchev–Trinajstić information content (AvgIpc) is 2.35. The number of aromatic nitrogens is 2. The van der Waals surface area contributed by atoms with Crippen molar-refractivity contribution in [3.63, 3.8) is 0 Å². The van der Waals surface area contributed by atoms with E-state index in [0.717, 1.165) is 0 Å². The highest BCUT2D eigenvalue weighted by Crippen LogP contribution is 2.17. The molecule has 6 heteroatoms. The van der Waals surface area contributed by atoms with Crippen molar-refractivity contribution in [2.75, 3.05) is 12.9 Å². The maximum Gasteiger partial charge on any atom is 0.309 e. The van der Waals surface area contributed by atoms with Crippen LogP contribution in [0.5, 0.6) is 0 Å². The van der Waals surface area contributed by atoms with Crippen molar-refractivity contribution >= 4 is 17.7 Å². The first-order valence-electron chi connectivity index (χ1n) is 4.60. The van der Waals surface area contributed by atoms with E-state index >= 15 is 0 Å². The Morgan fingerprint density at radius 3 is 2.88 bits per heavy atom. The van der Waals surface area contributed by atoms with Crippen molar-refractivity contribution < 1.29 is 9.53 Å². The van der Waals surface area contributed by atoms with Crippen molar-refractivity contribution in [3.8, 4) is 6.07 Å². The number of rotatable bonds is 4. The summed E-state index contributed by atoms with van der Waals surface area (Å²) in [5.74, 6) is 0.148. The Hall–Kier alpha value is -1.61. The highest BCUT2D eigenvalue weighted by Gasteiger charge is 2.13. The van der Waals surface area contributed by atoms with Gasteiger partial charge in [0.1, 0.15) is 11.1 Å². The first-order chi connectivity index (χ1) is 7.67. The minimum absolute atomic E-state index is 0.188. The van der Waals surface area contributed by atoms with E-state index in [4.69, 9.17) is 5.26 Å². The molecule has 0 aliphatic carbocycles. The Morgan fingerprint density at radius 2 is 2.38 bits per heavy atom. The second-order valence-electron chi connectivity index (χ2n) is 3.09.